The van der Waals surface area contributed by atoms with Gasteiger partial charge in [-0.15, -0.1) is 0 Å². The molecule has 120 valence electrons. The van der Waals surface area contributed by atoms with E-state index < -0.39 is 0 Å². The van der Waals surface area contributed by atoms with E-state index in [1.807, 2.05) is 0 Å². The molecule has 0 aliphatic heterocycles. The fourth-order valence-electron chi connectivity index (χ4n) is 1.84. The zero-order valence-electron chi connectivity index (χ0n) is 12.2. The zero-order valence-corrected chi connectivity index (χ0v) is 14.5. The predicted molar refractivity (Wildman–Crippen MR) is 98.0 cm³/mol. The van der Waals surface area contributed by atoms with E-state index in [-0.39, 0.29) is 0 Å². The summed E-state index contributed by atoms with van der Waals surface area (Å²) in [5, 5.41) is 5.97. The Morgan fingerprint density at radius 2 is 1.87 bits per heavy atom. The minimum atomic E-state index is 0.408. The predicted octanol–water partition coefficient (Wildman–Crippen LogP) is 5.34. The molecule has 0 spiro atoms. The second-order valence-electron chi connectivity index (χ2n) is 4.58. The largest absolute Gasteiger partial charge is 0.489 e. The molecule has 0 aliphatic rings. The molecule has 2 rings (SSSR count). The Labute approximate surface area is 150 Å². The van der Waals surface area contributed by atoms with Crippen LogP contribution in [0, 0.1) is 0 Å². The summed E-state index contributed by atoms with van der Waals surface area (Å²) in [5.74, 6) is 0.677. The van der Waals surface area contributed by atoms with Crippen LogP contribution in [-0.4, -0.2) is 12.8 Å². The quantitative estimate of drug-likeness (QED) is 0.406. The van der Waals surface area contributed by atoms with Gasteiger partial charge in [0.05, 0.1) is 12.8 Å². The summed E-state index contributed by atoms with van der Waals surface area (Å²) in [6.07, 6.45) is 3.31. The number of halogens is 3. The highest BCUT2D eigenvalue weighted by molar-refractivity contribution is 6.36. The van der Waals surface area contributed by atoms with Gasteiger partial charge in [-0.2, -0.15) is 5.10 Å². The van der Waals surface area contributed by atoms with Crippen molar-refractivity contribution in [2.45, 2.75) is 6.54 Å². The first-order valence-corrected chi connectivity index (χ1v) is 7.97. The Kier molecular flexibility index (Phi) is 6.78. The molecule has 0 radical (unpaired) electrons. The maximum Gasteiger partial charge on any atom is 0.128 e. The van der Waals surface area contributed by atoms with Crippen molar-refractivity contribution in [3.8, 4) is 5.75 Å². The summed E-state index contributed by atoms with van der Waals surface area (Å²) < 4.78 is 5.56. The summed E-state index contributed by atoms with van der Waals surface area (Å²) in [6, 6.07) is 10.7. The number of hydrazone groups is 1. The first-order chi connectivity index (χ1) is 11.1. The molecule has 2 aromatic carbocycles. The molecule has 3 nitrogen and oxygen atoms in total. The molecule has 0 aliphatic carbocycles. The molecule has 6 heteroatoms. The highest BCUT2D eigenvalue weighted by Crippen LogP contribution is 2.24. The van der Waals surface area contributed by atoms with Gasteiger partial charge in [0.1, 0.15) is 12.4 Å². The molecular formula is C17H15Cl3N2O. The highest BCUT2D eigenvalue weighted by Gasteiger charge is 2.05. The molecule has 1 N–H and O–H groups in total. The Hall–Kier alpha value is -1.68. The minimum absolute atomic E-state index is 0.408. The maximum absolute atomic E-state index is 6.11. The van der Waals surface area contributed by atoms with E-state index in [0.29, 0.717) is 34.0 Å². The van der Waals surface area contributed by atoms with E-state index in [2.05, 4.69) is 17.1 Å². The fourth-order valence-corrected chi connectivity index (χ4v) is 2.55. The number of hydrogen-bond acceptors (Lipinski definition) is 3. The average molecular weight is 370 g/mol. The molecule has 0 saturated carbocycles. The third-order valence-corrected chi connectivity index (χ3v) is 3.88. The highest BCUT2D eigenvalue weighted by atomic mass is 35.5. The number of nitrogens with zero attached hydrogens (tertiary/aromatic N) is 1. The van der Waals surface area contributed by atoms with Crippen LogP contribution in [0.2, 0.25) is 15.1 Å². The standard InChI is InChI=1S/C17H15Cl3N2O/c1-2-8-23-17-7-6-13(18)9-12(17)10-21-22-11-14-15(19)4-3-5-16(14)20/h2-7,9-10,22H,1,8,11H2/b21-10+. The summed E-state index contributed by atoms with van der Waals surface area (Å²) in [7, 11) is 0. The fraction of sp³-hybridized carbons (Fsp3) is 0.118. The van der Waals surface area contributed by atoms with Crippen LogP contribution in [0.4, 0.5) is 0 Å². The summed E-state index contributed by atoms with van der Waals surface area (Å²) in [4.78, 5) is 0. The van der Waals surface area contributed by atoms with Crippen molar-refractivity contribution in [1.82, 2.24) is 5.43 Å². The number of benzene rings is 2. The molecule has 0 aromatic heterocycles. The van der Waals surface area contributed by atoms with E-state index in [9.17, 15) is 0 Å². The van der Waals surface area contributed by atoms with Gasteiger partial charge in [0.15, 0.2) is 0 Å². The van der Waals surface area contributed by atoms with Crippen LogP contribution < -0.4 is 10.2 Å². The molecule has 0 atom stereocenters. The van der Waals surface area contributed by atoms with Crippen LogP contribution in [0.25, 0.3) is 0 Å². The number of nitrogens with one attached hydrogen (secondary N) is 1. The van der Waals surface area contributed by atoms with E-state index in [0.717, 1.165) is 11.1 Å². The van der Waals surface area contributed by atoms with E-state index >= 15 is 0 Å². The van der Waals surface area contributed by atoms with Crippen molar-refractivity contribution in [2.24, 2.45) is 5.10 Å². The van der Waals surface area contributed by atoms with Crippen molar-refractivity contribution in [3.63, 3.8) is 0 Å². The van der Waals surface area contributed by atoms with Crippen molar-refractivity contribution >= 4 is 41.0 Å². The second-order valence-corrected chi connectivity index (χ2v) is 5.83. The lowest BCUT2D eigenvalue weighted by Gasteiger charge is -2.08. The smallest absolute Gasteiger partial charge is 0.128 e. The molecule has 2 aromatic rings. The lowest BCUT2D eigenvalue weighted by atomic mass is 10.2. The molecule has 0 amide bonds. The van der Waals surface area contributed by atoms with Gasteiger partial charge in [-0.1, -0.05) is 53.5 Å². The zero-order chi connectivity index (χ0) is 16.7. The van der Waals surface area contributed by atoms with Crippen molar-refractivity contribution in [1.29, 1.82) is 0 Å². The molecule has 23 heavy (non-hydrogen) atoms. The Morgan fingerprint density at radius 3 is 2.57 bits per heavy atom. The molecule has 0 saturated heterocycles. The Balaban J connectivity index is 2.05. The van der Waals surface area contributed by atoms with E-state index in [4.69, 9.17) is 39.5 Å². The van der Waals surface area contributed by atoms with Gasteiger partial charge in [0, 0.05) is 26.2 Å². The van der Waals surface area contributed by atoms with Gasteiger partial charge in [-0.3, -0.25) is 0 Å². The van der Waals surface area contributed by atoms with E-state index in [1.165, 1.54) is 0 Å². The molecular weight excluding hydrogens is 355 g/mol. The Bertz CT molecular complexity index is 697. The van der Waals surface area contributed by atoms with Crippen LogP contribution in [0.15, 0.2) is 54.2 Å². The van der Waals surface area contributed by atoms with Crippen LogP contribution >= 0.6 is 34.8 Å². The maximum atomic E-state index is 6.11. The molecule has 0 fully saturated rings. The summed E-state index contributed by atoms with van der Waals surface area (Å²) in [5.41, 5.74) is 4.47. The van der Waals surface area contributed by atoms with Crippen molar-refractivity contribution in [3.05, 3.63) is 75.2 Å². The van der Waals surface area contributed by atoms with Gasteiger partial charge >= 0.3 is 0 Å². The third-order valence-electron chi connectivity index (χ3n) is 2.94. The van der Waals surface area contributed by atoms with Crippen LogP contribution in [0.1, 0.15) is 11.1 Å². The first-order valence-electron chi connectivity index (χ1n) is 6.84. The molecule has 0 bridgehead atoms. The normalized spacial score (nSPS) is 10.7. The lowest BCUT2D eigenvalue weighted by Crippen LogP contribution is -2.07. The number of ether oxygens (including phenoxy) is 1. The van der Waals surface area contributed by atoms with Gasteiger partial charge in [-0.25, -0.2) is 0 Å². The monoisotopic (exact) mass is 368 g/mol. The van der Waals surface area contributed by atoms with Gasteiger partial charge in [0.2, 0.25) is 0 Å². The van der Waals surface area contributed by atoms with E-state index in [1.54, 1.807) is 48.7 Å². The van der Waals surface area contributed by atoms with Crippen LogP contribution in [0.5, 0.6) is 5.75 Å². The van der Waals surface area contributed by atoms with Crippen LogP contribution in [0.3, 0.4) is 0 Å². The number of rotatable bonds is 7. The second kappa shape index (κ2) is 8.82. The molecule has 0 heterocycles. The topological polar surface area (TPSA) is 33.6 Å². The van der Waals surface area contributed by atoms with Crippen LogP contribution in [-0.2, 0) is 6.54 Å². The lowest BCUT2D eigenvalue weighted by molar-refractivity contribution is 0.362. The molecule has 0 unspecified atom stereocenters. The van der Waals surface area contributed by atoms with Crippen molar-refractivity contribution in [2.75, 3.05) is 6.61 Å². The SMILES string of the molecule is C=CCOc1ccc(Cl)cc1/C=N/NCc1c(Cl)cccc1Cl. The minimum Gasteiger partial charge on any atom is -0.489 e. The first kappa shape index (κ1) is 17.7. The average Bonchev–Trinajstić information content (AvgIpc) is 2.53. The Morgan fingerprint density at radius 1 is 1.13 bits per heavy atom. The van der Waals surface area contributed by atoms with Gasteiger partial charge < -0.3 is 10.2 Å². The third kappa shape index (κ3) is 5.17. The summed E-state index contributed by atoms with van der Waals surface area (Å²) >= 11 is 18.2. The van der Waals surface area contributed by atoms with Gasteiger partial charge in [0.25, 0.3) is 0 Å². The number of hydrogen-bond donors (Lipinski definition) is 1. The van der Waals surface area contributed by atoms with Gasteiger partial charge in [-0.05, 0) is 30.3 Å². The van der Waals surface area contributed by atoms with Crippen molar-refractivity contribution < 1.29 is 4.74 Å². The summed E-state index contributed by atoms with van der Waals surface area (Å²) in [6.45, 7) is 4.45.